The van der Waals surface area contributed by atoms with Crippen molar-refractivity contribution in [3.8, 4) is 5.82 Å². The Morgan fingerprint density at radius 1 is 1.24 bits per heavy atom. The lowest BCUT2D eigenvalue weighted by Crippen LogP contribution is -2.06. The summed E-state index contributed by atoms with van der Waals surface area (Å²) in [5, 5.41) is 8.79. The predicted molar refractivity (Wildman–Crippen MR) is 87.7 cm³/mol. The number of hydrogen-bond donors (Lipinski definition) is 1. The topological polar surface area (TPSA) is 55.6 Å². The van der Waals surface area contributed by atoms with Gasteiger partial charge < -0.3 is 5.32 Å². The summed E-state index contributed by atoms with van der Waals surface area (Å²) in [6.07, 6.45) is 0.980. The highest BCUT2D eigenvalue weighted by molar-refractivity contribution is 7.18. The fourth-order valence-corrected chi connectivity index (χ4v) is 3.57. The normalized spacial score (nSPS) is 11.3. The number of nitrogens with one attached hydrogen (secondary N) is 1. The van der Waals surface area contributed by atoms with Crippen molar-refractivity contribution in [3.05, 3.63) is 27.9 Å². The van der Waals surface area contributed by atoms with Gasteiger partial charge in [-0.25, -0.2) is 9.67 Å². The molecule has 0 saturated heterocycles. The minimum absolute atomic E-state index is 0.630. The molecule has 0 aliphatic heterocycles. The third-order valence-corrected chi connectivity index (χ3v) is 4.66. The molecule has 3 aromatic rings. The molecule has 21 heavy (non-hydrogen) atoms. The summed E-state index contributed by atoms with van der Waals surface area (Å²) in [5.74, 6) is 1.49. The second-order valence-corrected chi connectivity index (χ2v) is 6.35. The Kier molecular flexibility index (Phi) is 3.41. The molecule has 110 valence electrons. The molecule has 0 unspecified atom stereocenters. The van der Waals surface area contributed by atoms with Crippen LogP contribution in [0.15, 0.2) is 6.07 Å². The van der Waals surface area contributed by atoms with E-state index in [2.05, 4.69) is 54.1 Å². The number of nitrogens with zero attached hydrogens (tertiary/aromatic N) is 4. The quantitative estimate of drug-likeness (QED) is 0.805. The monoisotopic (exact) mass is 301 g/mol. The van der Waals surface area contributed by atoms with E-state index in [-0.39, 0.29) is 0 Å². The van der Waals surface area contributed by atoms with Crippen LogP contribution >= 0.6 is 11.3 Å². The zero-order chi connectivity index (χ0) is 15.1. The molecule has 3 rings (SSSR count). The van der Waals surface area contributed by atoms with Crippen LogP contribution in [0.4, 0.5) is 5.95 Å². The van der Waals surface area contributed by atoms with Gasteiger partial charge in [0.1, 0.15) is 4.83 Å². The van der Waals surface area contributed by atoms with Crippen LogP contribution in [0.1, 0.15) is 28.8 Å². The van der Waals surface area contributed by atoms with Gasteiger partial charge in [-0.1, -0.05) is 6.92 Å². The van der Waals surface area contributed by atoms with Gasteiger partial charge in [0.15, 0.2) is 5.82 Å². The predicted octanol–water partition coefficient (Wildman–Crippen LogP) is 3.41. The number of thiophene rings is 1. The van der Waals surface area contributed by atoms with E-state index in [1.807, 2.05) is 11.7 Å². The summed E-state index contributed by atoms with van der Waals surface area (Å²) in [6.45, 7) is 8.40. The van der Waals surface area contributed by atoms with Crippen LogP contribution in [0.5, 0.6) is 0 Å². The largest absolute Gasteiger partial charge is 0.357 e. The van der Waals surface area contributed by atoms with Gasteiger partial charge in [-0.2, -0.15) is 10.1 Å². The maximum absolute atomic E-state index is 4.69. The number of aromatic nitrogens is 4. The van der Waals surface area contributed by atoms with Gasteiger partial charge in [-0.15, -0.1) is 11.3 Å². The number of aryl methyl sites for hydroxylation is 2. The van der Waals surface area contributed by atoms with Crippen LogP contribution in [0.2, 0.25) is 0 Å². The molecule has 0 spiro atoms. The minimum atomic E-state index is 0.630. The molecule has 0 atom stereocenters. The van der Waals surface area contributed by atoms with E-state index >= 15 is 0 Å². The first-order chi connectivity index (χ1) is 10.0. The van der Waals surface area contributed by atoms with E-state index in [9.17, 15) is 0 Å². The lowest BCUT2D eigenvalue weighted by Gasteiger charge is -2.07. The summed E-state index contributed by atoms with van der Waals surface area (Å²) in [7, 11) is 1.84. The number of fused-ring (bicyclic) bond motifs is 1. The first-order valence-electron chi connectivity index (χ1n) is 7.06. The average molecular weight is 301 g/mol. The van der Waals surface area contributed by atoms with Crippen molar-refractivity contribution in [3.63, 3.8) is 0 Å². The SMILES string of the molecule is CCc1c(C)nn(-c2nc(NC)nc3sc(C)cc23)c1C. The molecule has 0 amide bonds. The summed E-state index contributed by atoms with van der Waals surface area (Å²) < 4.78 is 1.95. The first kappa shape index (κ1) is 14.0. The van der Waals surface area contributed by atoms with E-state index in [1.54, 1.807) is 11.3 Å². The molecule has 3 heterocycles. The minimum Gasteiger partial charge on any atom is -0.357 e. The second-order valence-electron chi connectivity index (χ2n) is 5.11. The highest BCUT2D eigenvalue weighted by atomic mass is 32.1. The summed E-state index contributed by atoms with van der Waals surface area (Å²) in [5.41, 5.74) is 3.51. The van der Waals surface area contributed by atoms with Crippen molar-refractivity contribution >= 4 is 27.5 Å². The van der Waals surface area contributed by atoms with Crippen molar-refractivity contribution in [2.45, 2.75) is 34.1 Å². The maximum atomic E-state index is 4.69. The van der Waals surface area contributed by atoms with Gasteiger partial charge in [0.2, 0.25) is 5.95 Å². The highest BCUT2D eigenvalue weighted by Crippen LogP contribution is 2.30. The van der Waals surface area contributed by atoms with Gasteiger partial charge in [0.25, 0.3) is 0 Å². The van der Waals surface area contributed by atoms with E-state index in [0.717, 1.165) is 33.8 Å². The van der Waals surface area contributed by atoms with Gasteiger partial charge >= 0.3 is 0 Å². The molecule has 0 aliphatic carbocycles. The summed E-state index contributed by atoms with van der Waals surface area (Å²) in [6, 6.07) is 2.14. The van der Waals surface area contributed by atoms with Crippen LogP contribution in [-0.2, 0) is 6.42 Å². The standard InChI is InChI=1S/C15H19N5S/c1-6-11-9(3)19-20(10(11)4)13-12-7-8(2)21-14(12)18-15(16-5)17-13/h7H,6H2,1-5H3,(H,16,17,18). The summed E-state index contributed by atoms with van der Waals surface area (Å²) >= 11 is 1.68. The van der Waals surface area contributed by atoms with Gasteiger partial charge in [-0.05, 0) is 38.8 Å². The Balaban J connectivity index is 2.33. The molecule has 5 nitrogen and oxygen atoms in total. The summed E-state index contributed by atoms with van der Waals surface area (Å²) in [4.78, 5) is 11.4. The van der Waals surface area contributed by atoms with Gasteiger partial charge in [0, 0.05) is 17.6 Å². The Hall–Kier alpha value is -1.95. The van der Waals surface area contributed by atoms with Crippen LogP contribution in [0.25, 0.3) is 16.0 Å². The Labute approximate surface area is 128 Å². The van der Waals surface area contributed by atoms with Crippen molar-refractivity contribution in [1.29, 1.82) is 0 Å². The Morgan fingerprint density at radius 3 is 2.62 bits per heavy atom. The van der Waals surface area contributed by atoms with E-state index in [4.69, 9.17) is 0 Å². The molecule has 0 saturated carbocycles. The highest BCUT2D eigenvalue weighted by Gasteiger charge is 2.17. The van der Waals surface area contributed by atoms with E-state index < -0.39 is 0 Å². The lowest BCUT2D eigenvalue weighted by atomic mass is 10.1. The molecular weight excluding hydrogens is 282 g/mol. The average Bonchev–Trinajstić information content (AvgIpc) is 2.96. The van der Waals surface area contributed by atoms with Crippen molar-refractivity contribution < 1.29 is 0 Å². The molecule has 0 radical (unpaired) electrons. The first-order valence-corrected chi connectivity index (χ1v) is 7.88. The molecule has 6 heteroatoms. The zero-order valence-electron chi connectivity index (χ0n) is 13.0. The molecule has 0 bridgehead atoms. The van der Waals surface area contributed by atoms with E-state index in [1.165, 1.54) is 10.4 Å². The smallest absolute Gasteiger partial charge is 0.225 e. The van der Waals surface area contributed by atoms with Crippen LogP contribution in [-0.4, -0.2) is 26.8 Å². The third kappa shape index (κ3) is 2.19. The van der Waals surface area contributed by atoms with E-state index in [0.29, 0.717) is 5.95 Å². The molecule has 3 aromatic heterocycles. The van der Waals surface area contributed by atoms with Crippen molar-refractivity contribution in [1.82, 2.24) is 19.7 Å². The van der Waals surface area contributed by atoms with Crippen LogP contribution in [0.3, 0.4) is 0 Å². The Morgan fingerprint density at radius 2 is 2.00 bits per heavy atom. The lowest BCUT2D eigenvalue weighted by molar-refractivity contribution is 0.811. The van der Waals surface area contributed by atoms with Gasteiger partial charge in [-0.3, -0.25) is 0 Å². The van der Waals surface area contributed by atoms with Gasteiger partial charge in [0.05, 0.1) is 11.1 Å². The van der Waals surface area contributed by atoms with Crippen LogP contribution < -0.4 is 5.32 Å². The van der Waals surface area contributed by atoms with Crippen LogP contribution in [0, 0.1) is 20.8 Å². The molecule has 0 aliphatic rings. The maximum Gasteiger partial charge on any atom is 0.225 e. The molecule has 0 fully saturated rings. The third-order valence-electron chi connectivity index (χ3n) is 3.71. The van der Waals surface area contributed by atoms with Crippen molar-refractivity contribution in [2.75, 3.05) is 12.4 Å². The number of hydrogen-bond acceptors (Lipinski definition) is 5. The molecule has 1 N–H and O–H groups in total. The van der Waals surface area contributed by atoms with Crippen molar-refractivity contribution in [2.24, 2.45) is 0 Å². The molecular formula is C15H19N5S. The molecule has 0 aromatic carbocycles. The fourth-order valence-electron chi connectivity index (χ4n) is 2.69. The fraction of sp³-hybridized carbons (Fsp3) is 0.400. The Bertz CT molecular complexity index is 815. The number of rotatable bonds is 3. The second kappa shape index (κ2) is 5.11. The zero-order valence-corrected chi connectivity index (χ0v) is 13.8. The number of anilines is 1.